The molecule has 120 valence electrons. The predicted molar refractivity (Wildman–Crippen MR) is 77.1 cm³/mol. The summed E-state index contributed by atoms with van der Waals surface area (Å²) in [7, 11) is 0. The molecule has 0 saturated carbocycles. The fourth-order valence-corrected chi connectivity index (χ4v) is 2.84. The number of benzene rings is 2. The van der Waals surface area contributed by atoms with Crippen molar-refractivity contribution in [3.8, 4) is 0 Å². The highest BCUT2D eigenvalue weighted by Crippen LogP contribution is 2.31. The molecule has 0 fully saturated rings. The van der Waals surface area contributed by atoms with Gasteiger partial charge >= 0.3 is 0 Å². The van der Waals surface area contributed by atoms with Gasteiger partial charge in [0.2, 0.25) is 5.91 Å². The van der Waals surface area contributed by atoms with Gasteiger partial charge in [-0.2, -0.15) is 0 Å². The summed E-state index contributed by atoms with van der Waals surface area (Å²) in [4.78, 5) is 12.1. The van der Waals surface area contributed by atoms with Crippen molar-refractivity contribution in [1.29, 1.82) is 0 Å². The van der Waals surface area contributed by atoms with Crippen molar-refractivity contribution >= 4 is 5.91 Å². The second-order valence-corrected chi connectivity index (χ2v) is 5.55. The molecule has 1 aliphatic rings. The number of nitrogens with one attached hydrogen (secondary N) is 1. The quantitative estimate of drug-likeness (QED) is 0.853. The van der Waals surface area contributed by atoms with E-state index in [1.165, 1.54) is 0 Å². The Morgan fingerprint density at radius 3 is 2.61 bits per heavy atom. The summed E-state index contributed by atoms with van der Waals surface area (Å²) in [5.41, 5.74) is 1.51. The largest absolute Gasteiger partial charge is 0.390 e. The number of halogens is 3. The van der Waals surface area contributed by atoms with E-state index in [0.29, 0.717) is 18.6 Å². The average Bonchev–Trinajstić information content (AvgIpc) is 2.81. The van der Waals surface area contributed by atoms with Crippen molar-refractivity contribution < 1.29 is 23.1 Å². The van der Waals surface area contributed by atoms with Gasteiger partial charge in [-0.3, -0.25) is 4.79 Å². The molecule has 2 N–H and O–H groups in total. The van der Waals surface area contributed by atoms with E-state index in [2.05, 4.69) is 5.32 Å². The molecular formula is C17H14F3NO2. The zero-order chi connectivity index (χ0) is 16.6. The van der Waals surface area contributed by atoms with Crippen LogP contribution in [0.1, 0.15) is 22.7 Å². The fourth-order valence-electron chi connectivity index (χ4n) is 2.84. The molecule has 2 atom stereocenters. The van der Waals surface area contributed by atoms with Gasteiger partial charge in [0, 0.05) is 18.1 Å². The summed E-state index contributed by atoms with van der Waals surface area (Å²) >= 11 is 0. The molecule has 2 aromatic carbocycles. The van der Waals surface area contributed by atoms with E-state index in [1.54, 1.807) is 12.1 Å². The van der Waals surface area contributed by atoms with Crippen molar-refractivity contribution in [2.45, 2.75) is 25.0 Å². The van der Waals surface area contributed by atoms with E-state index >= 15 is 0 Å². The monoisotopic (exact) mass is 321 g/mol. The Hall–Kier alpha value is -2.34. The number of aliphatic hydroxyl groups is 1. The molecule has 0 aromatic heterocycles. The fraction of sp³-hybridized carbons (Fsp3) is 0.235. The highest BCUT2D eigenvalue weighted by molar-refractivity contribution is 5.79. The van der Waals surface area contributed by atoms with Gasteiger partial charge < -0.3 is 10.4 Å². The Kier molecular flexibility index (Phi) is 4.09. The Morgan fingerprint density at radius 2 is 1.83 bits per heavy atom. The maximum absolute atomic E-state index is 13.6. The van der Waals surface area contributed by atoms with Gasteiger partial charge in [-0.15, -0.1) is 0 Å². The van der Waals surface area contributed by atoms with Crippen LogP contribution in [0.3, 0.4) is 0 Å². The summed E-state index contributed by atoms with van der Waals surface area (Å²) < 4.78 is 39.6. The number of aliphatic hydroxyl groups excluding tert-OH is 1. The summed E-state index contributed by atoms with van der Waals surface area (Å²) in [6.07, 6.45) is -0.791. The number of hydrogen-bond acceptors (Lipinski definition) is 2. The Labute approximate surface area is 130 Å². The zero-order valence-electron chi connectivity index (χ0n) is 12.0. The first-order valence-corrected chi connectivity index (χ1v) is 7.14. The maximum atomic E-state index is 13.6. The second-order valence-electron chi connectivity index (χ2n) is 5.55. The second kappa shape index (κ2) is 6.04. The molecule has 2 unspecified atom stereocenters. The van der Waals surface area contributed by atoms with Crippen LogP contribution in [0.15, 0.2) is 36.4 Å². The third-order valence-corrected chi connectivity index (χ3v) is 3.96. The number of rotatable bonds is 3. The first-order valence-electron chi connectivity index (χ1n) is 7.14. The molecule has 0 heterocycles. The summed E-state index contributed by atoms with van der Waals surface area (Å²) in [5, 5.41) is 12.7. The topological polar surface area (TPSA) is 49.3 Å². The Balaban J connectivity index is 1.74. The third kappa shape index (κ3) is 3.07. The lowest BCUT2D eigenvalue weighted by Gasteiger charge is -2.18. The minimum absolute atomic E-state index is 0.234. The number of amides is 1. The molecule has 0 bridgehead atoms. The Bertz CT molecular complexity index is 763. The minimum atomic E-state index is -1.30. The summed E-state index contributed by atoms with van der Waals surface area (Å²) in [6.45, 7) is 0. The van der Waals surface area contributed by atoms with Crippen LogP contribution in [0.2, 0.25) is 0 Å². The normalized spacial score (nSPS) is 19.5. The van der Waals surface area contributed by atoms with E-state index < -0.39 is 41.9 Å². The predicted octanol–water partition coefficient (Wildman–Crippen LogP) is 2.42. The molecular weight excluding hydrogens is 307 g/mol. The molecule has 23 heavy (non-hydrogen) atoms. The van der Waals surface area contributed by atoms with Gasteiger partial charge in [0.05, 0.1) is 18.6 Å². The van der Waals surface area contributed by atoms with E-state index in [1.807, 2.05) is 12.1 Å². The highest BCUT2D eigenvalue weighted by Gasteiger charge is 2.31. The highest BCUT2D eigenvalue weighted by atomic mass is 19.2. The number of fused-ring (bicyclic) bond motifs is 1. The number of carbonyl (C=O) groups is 1. The smallest absolute Gasteiger partial charge is 0.225 e. The van der Waals surface area contributed by atoms with Crippen LogP contribution < -0.4 is 5.32 Å². The third-order valence-electron chi connectivity index (χ3n) is 3.96. The van der Waals surface area contributed by atoms with Gasteiger partial charge in [-0.25, -0.2) is 13.2 Å². The molecule has 1 aliphatic carbocycles. The molecule has 3 nitrogen and oxygen atoms in total. The molecule has 0 saturated heterocycles. The van der Waals surface area contributed by atoms with Crippen molar-refractivity contribution in [2.24, 2.45) is 0 Å². The van der Waals surface area contributed by atoms with Gasteiger partial charge in [0.15, 0.2) is 11.6 Å². The van der Waals surface area contributed by atoms with E-state index in [4.69, 9.17) is 0 Å². The summed E-state index contributed by atoms with van der Waals surface area (Å²) in [6, 6.07) is 7.79. The van der Waals surface area contributed by atoms with Gasteiger partial charge in [-0.1, -0.05) is 24.3 Å². The van der Waals surface area contributed by atoms with Crippen LogP contribution in [-0.4, -0.2) is 17.1 Å². The van der Waals surface area contributed by atoms with Crippen molar-refractivity contribution in [2.75, 3.05) is 0 Å². The van der Waals surface area contributed by atoms with Crippen LogP contribution in [0, 0.1) is 17.5 Å². The summed E-state index contributed by atoms with van der Waals surface area (Å²) in [5.74, 6) is -4.06. The van der Waals surface area contributed by atoms with Gasteiger partial charge in [0.1, 0.15) is 5.82 Å². The van der Waals surface area contributed by atoms with Crippen molar-refractivity contribution in [1.82, 2.24) is 5.32 Å². The molecule has 6 heteroatoms. The van der Waals surface area contributed by atoms with Crippen LogP contribution in [0.5, 0.6) is 0 Å². The van der Waals surface area contributed by atoms with E-state index in [-0.39, 0.29) is 5.56 Å². The van der Waals surface area contributed by atoms with Crippen LogP contribution in [-0.2, 0) is 17.6 Å². The first kappa shape index (κ1) is 15.6. The van der Waals surface area contributed by atoms with Crippen molar-refractivity contribution in [3.05, 3.63) is 70.5 Å². The first-order chi connectivity index (χ1) is 11.0. The lowest BCUT2D eigenvalue weighted by atomic mass is 10.1. The lowest BCUT2D eigenvalue weighted by Crippen LogP contribution is -2.35. The lowest BCUT2D eigenvalue weighted by molar-refractivity contribution is -0.122. The zero-order valence-corrected chi connectivity index (χ0v) is 12.0. The molecule has 3 rings (SSSR count). The van der Waals surface area contributed by atoms with Gasteiger partial charge in [0.25, 0.3) is 0 Å². The SMILES string of the molecule is O=C(Cc1cc(F)c(F)cc1F)NC1c2ccccc2CC1O. The average molecular weight is 321 g/mol. The number of carbonyl (C=O) groups excluding carboxylic acids is 1. The molecule has 2 aromatic rings. The molecule has 1 amide bonds. The van der Waals surface area contributed by atoms with Crippen molar-refractivity contribution in [3.63, 3.8) is 0 Å². The number of hydrogen-bond donors (Lipinski definition) is 2. The van der Waals surface area contributed by atoms with Crippen LogP contribution in [0.4, 0.5) is 13.2 Å². The van der Waals surface area contributed by atoms with Gasteiger partial charge in [-0.05, 0) is 17.2 Å². The molecule has 0 radical (unpaired) electrons. The minimum Gasteiger partial charge on any atom is -0.390 e. The van der Waals surface area contributed by atoms with E-state index in [9.17, 15) is 23.1 Å². The standard InChI is InChI=1S/C17H14F3NO2/c18-12-8-14(20)13(19)5-10(12)7-16(23)21-17-11-4-2-1-3-9(11)6-15(17)22/h1-5,8,15,17,22H,6-7H2,(H,21,23). The molecule has 0 aliphatic heterocycles. The Morgan fingerprint density at radius 1 is 1.13 bits per heavy atom. The van der Waals surface area contributed by atoms with Crippen LogP contribution in [0.25, 0.3) is 0 Å². The maximum Gasteiger partial charge on any atom is 0.225 e. The van der Waals surface area contributed by atoms with Crippen LogP contribution >= 0.6 is 0 Å². The van der Waals surface area contributed by atoms with E-state index in [0.717, 1.165) is 11.1 Å². The molecule has 0 spiro atoms.